The quantitative estimate of drug-likeness (QED) is 0.368. The number of nitrogens with zero attached hydrogens (tertiary/aromatic N) is 1. The van der Waals surface area contributed by atoms with Gasteiger partial charge in [0.1, 0.15) is 0 Å². The van der Waals surface area contributed by atoms with E-state index in [-0.39, 0.29) is 31.6 Å². The predicted molar refractivity (Wildman–Crippen MR) is 55.5 cm³/mol. The number of hydrogen-bond acceptors (Lipinski definition) is 6. The van der Waals surface area contributed by atoms with Crippen LogP contribution in [0.5, 0.6) is 0 Å². The molecule has 0 aliphatic carbocycles. The summed E-state index contributed by atoms with van der Waals surface area (Å²) in [6.07, 6.45) is -0.333. The molecule has 0 aromatic rings. The smallest absolute Gasteiger partial charge is 0.308 e. The van der Waals surface area contributed by atoms with Gasteiger partial charge in [0.25, 0.3) is 0 Å². The molecule has 2 unspecified atom stereocenters. The van der Waals surface area contributed by atoms with E-state index in [1.165, 1.54) is 19.3 Å². The van der Waals surface area contributed by atoms with Gasteiger partial charge in [0.2, 0.25) is 5.91 Å². The van der Waals surface area contributed by atoms with Crippen LogP contribution in [0.1, 0.15) is 19.3 Å². The van der Waals surface area contributed by atoms with Gasteiger partial charge in [0.15, 0.2) is 6.79 Å². The second-order valence-corrected chi connectivity index (χ2v) is 3.78. The number of carbonyl (C=O) groups excluding carboxylic acids is 2. The average Bonchev–Trinajstić information content (AvgIpc) is 2.28. The number of β-lactam (4-membered cyclic amide) rings is 1. The summed E-state index contributed by atoms with van der Waals surface area (Å²) in [5.74, 6) is -0.634. The second-order valence-electron chi connectivity index (χ2n) is 3.78. The zero-order valence-corrected chi connectivity index (χ0v) is 9.92. The van der Waals surface area contributed by atoms with Gasteiger partial charge in [-0.05, 0) is 6.42 Å². The van der Waals surface area contributed by atoms with Crippen LogP contribution in [0.4, 0.5) is 0 Å². The van der Waals surface area contributed by atoms with Crippen molar-refractivity contribution in [3.63, 3.8) is 0 Å². The van der Waals surface area contributed by atoms with E-state index in [2.05, 4.69) is 9.47 Å². The predicted octanol–water partition coefficient (Wildman–Crippen LogP) is -0.563. The second kappa shape index (κ2) is 6.53. The number of methoxy groups -OCH3 is 2. The summed E-state index contributed by atoms with van der Waals surface area (Å²) in [4.78, 5) is 27.1. The van der Waals surface area contributed by atoms with Crippen LogP contribution >= 0.6 is 0 Å². The summed E-state index contributed by atoms with van der Waals surface area (Å²) in [5.41, 5.74) is 0. The Morgan fingerprint density at radius 1 is 1.59 bits per heavy atom. The Morgan fingerprint density at radius 3 is 2.82 bits per heavy atom. The molecule has 1 aliphatic rings. The molecule has 0 spiro atoms. The number of hydrogen-bond donors (Lipinski definition) is 1. The van der Waals surface area contributed by atoms with Crippen molar-refractivity contribution in [3.05, 3.63) is 0 Å². The summed E-state index contributed by atoms with van der Waals surface area (Å²) in [6, 6.07) is -0.211. The number of aliphatic hydroxyl groups is 1. The van der Waals surface area contributed by atoms with Crippen molar-refractivity contribution in [1.29, 1.82) is 0 Å². The fraction of sp³-hybridized carbons (Fsp3) is 0.800. The van der Waals surface area contributed by atoms with Crippen molar-refractivity contribution in [1.82, 2.24) is 5.06 Å². The lowest BCUT2D eigenvalue weighted by molar-refractivity contribution is -0.260. The van der Waals surface area contributed by atoms with E-state index >= 15 is 0 Å². The van der Waals surface area contributed by atoms with E-state index in [1.54, 1.807) is 0 Å². The number of carbonyl (C=O) groups is 2. The molecule has 1 heterocycles. The Morgan fingerprint density at radius 2 is 2.29 bits per heavy atom. The van der Waals surface area contributed by atoms with Gasteiger partial charge in [0.05, 0.1) is 32.1 Å². The van der Waals surface area contributed by atoms with Gasteiger partial charge in [-0.25, -0.2) is 9.90 Å². The normalized spacial score (nSPS) is 21.0. The van der Waals surface area contributed by atoms with Gasteiger partial charge >= 0.3 is 5.97 Å². The molecule has 7 heteroatoms. The first-order valence-electron chi connectivity index (χ1n) is 5.27. The van der Waals surface area contributed by atoms with Gasteiger partial charge in [-0.3, -0.25) is 9.59 Å². The molecule has 0 aromatic carbocycles. The van der Waals surface area contributed by atoms with Crippen molar-refractivity contribution in [3.8, 4) is 0 Å². The van der Waals surface area contributed by atoms with Crippen molar-refractivity contribution in [2.24, 2.45) is 0 Å². The maximum atomic E-state index is 11.2. The van der Waals surface area contributed by atoms with Crippen LogP contribution < -0.4 is 0 Å². The van der Waals surface area contributed by atoms with Crippen LogP contribution in [-0.4, -0.2) is 55.2 Å². The highest BCUT2D eigenvalue weighted by Crippen LogP contribution is 2.24. The van der Waals surface area contributed by atoms with Gasteiger partial charge in [-0.2, -0.15) is 0 Å². The first-order chi connectivity index (χ1) is 8.08. The molecule has 1 aliphatic heterocycles. The van der Waals surface area contributed by atoms with E-state index in [0.717, 1.165) is 0 Å². The van der Waals surface area contributed by atoms with Crippen LogP contribution in [-0.2, 0) is 23.9 Å². The van der Waals surface area contributed by atoms with Gasteiger partial charge < -0.3 is 14.6 Å². The van der Waals surface area contributed by atoms with Crippen LogP contribution in [0.25, 0.3) is 0 Å². The monoisotopic (exact) mass is 247 g/mol. The third-order valence-corrected chi connectivity index (χ3v) is 2.47. The molecule has 1 amide bonds. The summed E-state index contributed by atoms with van der Waals surface area (Å²) in [5, 5.41) is 10.8. The number of ether oxygens (including phenoxy) is 2. The van der Waals surface area contributed by atoms with Gasteiger partial charge in [0, 0.05) is 7.11 Å². The lowest BCUT2D eigenvalue weighted by Gasteiger charge is -2.39. The molecule has 0 saturated carbocycles. The molecule has 1 N–H and O–H groups in total. The van der Waals surface area contributed by atoms with Crippen LogP contribution in [0.3, 0.4) is 0 Å². The van der Waals surface area contributed by atoms with Gasteiger partial charge in [-0.1, -0.05) is 0 Å². The SMILES string of the molecule is COCON1C(=O)CC1CC(O)CC(=O)OC. The molecule has 1 rings (SSSR count). The Hall–Kier alpha value is -1.18. The minimum absolute atomic E-state index is 0.0185. The Kier molecular flexibility index (Phi) is 5.33. The fourth-order valence-corrected chi connectivity index (χ4v) is 1.60. The Balaban J connectivity index is 2.31. The molecule has 0 bridgehead atoms. The fourth-order valence-electron chi connectivity index (χ4n) is 1.60. The Labute approximate surface area is 99.2 Å². The number of amides is 1. The Bertz CT molecular complexity index is 282. The largest absolute Gasteiger partial charge is 0.469 e. The molecule has 7 nitrogen and oxygen atoms in total. The standard InChI is InChI=1S/C10H17NO6/c1-15-6-17-11-7(4-9(11)13)3-8(12)5-10(14)16-2/h7-8,12H,3-6H2,1-2H3. The number of esters is 1. The maximum absolute atomic E-state index is 11.2. The van der Waals surface area contributed by atoms with E-state index in [4.69, 9.17) is 4.84 Å². The third-order valence-electron chi connectivity index (χ3n) is 2.47. The lowest BCUT2D eigenvalue weighted by Crippen LogP contribution is -2.53. The zero-order valence-electron chi connectivity index (χ0n) is 9.92. The topological polar surface area (TPSA) is 85.3 Å². The molecule has 98 valence electrons. The van der Waals surface area contributed by atoms with E-state index in [0.29, 0.717) is 6.42 Å². The molecular weight excluding hydrogens is 230 g/mol. The molecule has 17 heavy (non-hydrogen) atoms. The lowest BCUT2D eigenvalue weighted by atomic mass is 9.97. The minimum atomic E-state index is -0.839. The van der Waals surface area contributed by atoms with Crippen molar-refractivity contribution >= 4 is 11.9 Å². The highest BCUT2D eigenvalue weighted by atomic mass is 16.8. The average molecular weight is 247 g/mol. The number of rotatable bonds is 7. The number of aliphatic hydroxyl groups excluding tert-OH is 1. The highest BCUT2D eigenvalue weighted by molar-refractivity contribution is 5.81. The van der Waals surface area contributed by atoms with Crippen LogP contribution in [0, 0.1) is 0 Å². The van der Waals surface area contributed by atoms with E-state index < -0.39 is 12.1 Å². The van der Waals surface area contributed by atoms with Crippen molar-refractivity contribution in [2.45, 2.75) is 31.4 Å². The maximum Gasteiger partial charge on any atom is 0.308 e. The molecule has 1 fully saturated rings. The third kappa shape index (κ3) is 3.95. The first kappa shape index (κ1) is 13.9. The molecule has 1 saturated heterocycles. The highest BCUT2D eigenvalue weighted by Gasteiger charge is 2.38. The summed E-state index contributed by atoms with van der Waals surface area (Å²) < 4.78 is 9.12. The van der Waals surface area contributed by atoms with Crippen molar-refractivity contribution < 1.29 is 29.0 Å². The zero-order chi connectivity index (χ0) is 12.8. The number of hydroxylamine groups is 2. The van der Waals surface area contributed by atoms with E-state index in [9.17, 15) is 14.7 Å². The van der Waals surface area contributed by atoms with Crippen molar-refractivity contribution in [2.75, 3.05) is 21.0 Å². The minimum Gasteiger partial charge on any atom is -0.469 e. The van der Waals surface area contributed by atoms with Gasteiger partial charge in [-0.15, -0.1) is 0 Å². The van der Waals surface area contributed by atoms with E-state index in [1.807, 2.05) is 0 Å². The molecule has 2 atom stereocenters. The van der Waals surface area contributed by atoms with Crippen LogP contribution in [0.15, 0.2) is 0 Å². The summed E-state index contributed by atoms with van der Waals surface area (Å²) in [6.45, 7) is -0.0185. The summed E-state index contributed by atoms with van der Waals surface area (Å²) in [7, 11) is 2.71. The molecule has 0 radical (unpaired) electrons. The summed E-state index contributed by atoms with van der Waals surface area (Å²) >= 11 is 0. The van der Waals surface area contributed by atoms with Crippen LogP contribution in [0.2, 0.25) is 0 Å². The molecule has 0 aromatic heterocycles. The molecular formula is C10H17NO6. The first-order valence-corrected chi connectivity index (χ1v) is 5.27.